The van der Waals surface area contributed by atoms with Crippen molar-refractivity contribution in [3.05, 3.63) is 105 Å². The lowest BCUT2D eigenvalue weighted by Crippen LogP contribution is -2.28. The number of hydrogen-bond donors (Lipinski definition) is 1. The number of thioether (sulfide) groups is 1. The number of rotatable bonds is 7. The molecule has 0 aliphatic heterocycles. The molecule has 0 spiro atoms. The van der Waals surface area contributed by atoms with Crippen molar-refractivity contribution >= 4 is 40.9 Å². The van der Waals surface area contributed by atoms with Crippen molar-refractivity contribution in [2.24, 2.45) is 0 Å². The van der Waals surface area contributed by atoms with Gasteiger partial charge in [0, 0.05) is 16.3 Å². The van der Waals surface area contributed by atoms with Crippen molar-refractivity contribution in [2.45, 2.75) is 30.8 Å². The van der Waals surface area contributed by atoms with Gasteiger partial charge >= 0.3 is 0 Å². The highest BCUT2D eigenvalue weighted by Gasteiger charge is 2.23. The van der Waals surface area contributed by atoms with Crippen LogP contribution in [0, 0.1) is 6.92 Å². The molecule has 0 radical (unpaired) electrons. The quantitative estimate of drug-likeness (QED) is 0.290. The zero-order valence-electron chi connectivity index (χ0n) is 18.1. The normalized spacial score (nSPS) is 11.9. The van der Waals surface area contributed by atoms with Crippen LogP contribution in [0.5, 0.6) is 0 Å². The largest absolute Gasteiger partial charge is 0.342 e. The molecule has 0 aliphatic carbocycles. The molecule has 0 aliphatic rings. The van der Waals surface area contributed by atoms with E-state index in [0.717, 1.165) is 11.1 Å². The molecule has 1 amide bonds. The maximum atomic E-state index is 12.8. The molecule has 0 bridgehead atoms. The summed E-state index contributed by atoms with van der Waals surface area (Å²) in [5.74, 6) is 1.09. The topological polar surface area (TPSA) is 59.8 Å². The Balaban J connectivity index is 1.66. The fourth-order valence-corrected chi connectivity index (χ4v) is 4.59. The van der Waals surface area contributed by atoms with Gasteiger partial charge in [-0.25, -0.2) is 0 Å². The Kier molecular flexibility index (Phi) is 7.38. The first-order chi connectivity index (χ1) is 15.9. The number of aromatic nitrogens is 3. The van der Waals surface area contributed by atoms with E-state index < -0.39 is 6.04 Å². The summed E-state index contributed by atoms with van der Waals surface area (Å²) in [6, 6.07) is 22.4. The summed E-state index contributed by atoms with van der Waals surface area (Å²) < 4.78 is 1.86. The molecule has 4 aromatic rings. The highest BCUT2D eigenvalue weighted by Crippen LogP contribution is 2.32. The van der Waals surface area contributed by atoms with E-state index in [1.54, 1.807) is 30.3 Å². The van der Waals surface area contributed by atoms with E-state index in [2.05, 4.69) is 27.6 Å². The Morgan fingerprint density at radius 1 is 1.03 bits per heavy atom. The summed E-state index contributed by atoms with van der Waals surface area (Å²) in [7, 11) is 0. The third-order valence-corrected chi connectivity index (χ3v) is 6.62. The van der Waals surface area contributed by atoms with Gasteiger partial charge in [-0.1, -0.05) is 83.0 Å². The fourth-order valence-electron chi connectivity index (χ4n) is 3.31. The van der Waals surface area contributed by atoms with Crippen LogP contribution in [0.25, 0.3) is 5.69 Å². The number of carbonyl (C=O) groups excluding carboxylic acids is 1. The summed E-state index contributed by atoms with van der Waals surface area (Å²) in [5, 5.41) is 13.6. The zero-order valence-corrected chi connectivity index (χ0v) is 20.5. The molecule has 1 unspecified atom stereocenters. The number of aryl methyl sites for hydroxylation is 1. The Hall–Kier alpha value is -2.80. The van der Waals surface area contributed by atoms with E-state index in [1.165, 1.54) is 11.8 Å². The maximum absolute atomic E-state index is 12.8. The maximum Gasteiger partial charge on any atom is 0.251 e. The molecule has 1 atom stereocenters. The number of amides is 1. The monoisotopic (exact) mass is 496 g/mol. The van der Waals surface area contributed by atoms with Crippen molar-refractivity contribution in [1.82, 2.24) is 20.1 Å². The molecule has 0 fully saturated rings. The van der Waals surface area contributed by atoms with Gasteiger partial charge < -0.3 is 5.32 Å². The average molecular weight is 497 g/mol. The first-order valence-electron chi connectivity index (χ1n) is 10.4. The van der Waals surface area contributed by atoms with E-state index in [-0.39, 0.29) is 5.91 Å². The minimum absolute atomic E-state index is 0.187. The van der Waals surface area contributed by atoms with Gasteiger partial charge in [-0.3, -0.25) is 9.36 Å². The lowest BCUT2D eigenvalue weighted by molar-refractivity contribution is 0.0938. The Bertz CT molecular complexity index is 1260. The Morgan fingerprint density at radius 3 is 2.48 bits per heavy atom. The van der Waals surface area contributed by atoms with Gasteiger partial charge in [-0.15, -0.1) is 10.2 Å². The van der Waals surface area contributed by atoms with Crippen molar-refractivity contribution in [1.29, 1.82) is 0 Å². The third kappa shape index (κ3) is 5.58. The molecule has 3 aromatic carbocycles. The number of benzene rings is 3. The molecule has 1 heterocycles. The van der Waals surface area contributed by atoms with Crippen LogP contribution in [0.4, 0.5) is 0 Å². The average Bonchev–Trinajstić information content (AvgIpc) is 3.24. The van der Waals surface area contributed by atoms with Crippen LogP contribution >= 0.6 is 35.0 Å². The van der Waals surface area contributed by atoms with Crippen LogP contribution in [-0.4, -0.2) is 20.7 Å². The van der Waals surface area contributed by atoms with Crippen molar-refractivity contribution in [3.8, 4) is 5.69 Å². The van der Waals surface area contributed by atoms with Gasteiger partial charge in [0.25, 0.3) is 5.91 Å². The van der Waals surface area contributed by atoms with Crippen LogP contribution in [-0.2, 0) is 5.75 Å². The first kappa shape index (κ1) is 23.4. The molecule has 1 N–H and O–H groups in total. The number of hydrogen-bond acceptors (Lipinski definition) is 4. The minimum atomic E-state index is -0.424. The first-order valence-corrected chi connectivity index (χ1v) is 12.1. The lowest BCUT2D eigenvalue weighted by atomic mass is 10.1. The second kappa shape index (κ2) is 10.4. The van der Waals surface area contributed by atoms with Gasteiger partial charge in [0.1, 0.15) is 0 Å². The van der Waals surface area contributed by atoms with Gasteiger partial charge in [-0.2, -0.15) is 0 Å². The molecule has 8 heteroatoms. The zero-order chi connectivity index (χ0) is 23.4. The number of nitrogens with one attached hydrogen (secondary N) is 1. The van der Waals surface area contributed by atoms with Gasteiger partial charge in [-0.05, 0) is 49.7 Å². The SMILES string of the molecule is Cc1ccc(C(=O)NC(C)c2nnc(SCc3ccccc3)n2-c2cc(Cl)ccc2Cl)cc1. The molecule has 5 nitrogen and oxygen atoms in total. The van der Waals surface area contributed by atoms with Crippen LogP contribution in [0.1, 0.15) is 40.3 Å². The molecule has 4 rings (SSSR count). The third-order valence-electron chi connectivity index (χ3n) is 5.07. The molecule has 0 saturated carbocycles. The Morgan fingerprint density at radius 2 is 1.76 bits per heavy atom. The van der Waals surface area contributed by atoms with Gasteiger partial charge in [0.15, 0.2) is 11.0 Å². The van der Waals surface area contributed by atoms with Gasteiger partial charge in [0.05, 0.1) is 16.8 Å². The number of halogens is 2. The number of carbonyl (C=O) groups is 1. The standard InChI is InChI=1S/C25H22Cl2N4OS/c1-16-8-10-19(11-9-16)24(32)28-17(2)23-29-30-25(33-15-18-6-4-3-5-7-18)31(23)22-14-20(26)12-13-21(22)27/h3-14,17H,15H2,1-2H3,(H,28,32). The highest BCUT2D eigenvalue weighted by atomic mass is 35.5. The van der Waals surface area contributed by atoms with E-state index in [0.29, 0.717) is 38.0 Å². The predicted molar refractivity (Wildman–Crippen MR) is 134 cm³/mol. The van der Waals surface area contributed by atoms with Crippen molar-refractivity contribution < 1.29 is 4.79 Å². The van der Waals surface area contributed by atoms with E-state index in [1.807, 2.05) is 48.7 Å². The van der Waals surface area contributed by atoms with E-state index >= 15 is 0 Å². The smallest absolute Gasteiger partial charge is 0.251 e. The summed E-state index contributed by atoms with van der Waals surface area (Å²) in [4.78, 5) is 12.8. The van der Waals surface area contributed by atoms with Crippen LogP contribution in [0.3, 0.4) is 0 Å². The molecule has 1 aromatic heterocycles. The predicted octanol–water partition coefficient (Wildman–Crippen LogP) is 6.67. The Labute approximate surface area is 207 Å². The van der Waals surface area contributed by atoms with E-state index in [4.69, 9.17) is 23.2 Å². The molecule has 0 saturated heterocycles. The number of nitrogens with zero attached hydrogens (tertiary/aromatic N) is 3. The molecule has 168 valence electrons. The fraction of sp³-hybridized carbons (Fsp3) is 0.160. The molecular formula is C25H22Cl2N4OS. The van der Waals surface area contributed by atoms with Crippen molar-refractivity contribution in [3.63, 3.8) is 0 Å². The summed E-state index contributed by atoms with van der Waals surface area (Å²) in [6.45, 7) is 3.85. The summed E-state index contributed by atoms with van der Waals surface area (Å²) in [6.07, 6.45) is 0. The second-order valence-corrected chi connectivity index (χ2v) is 9.39. The van der Waals surface area contributed by atoms with Crippen molar-refractivity contribution in [2.75, 3.05) is 0 Å². The van der Waals surface area contributed by atoms with Crippen LogP contribution < -0.4 is 5.32 Å². The van der Waals surface area contributed by atoms with Gasteiger partial charge in [0.2, 0.25) is 0 Å². The molecule has 33 heavy (non-hydrogen) atoms. The van der Waals surface area contributed by atoms with E-state index in [9.17, 15) is 4.79 Å². The summed E-state index contributed by atoms with van der Waals surface area (Å²) >= 11 is 14.4. The second-order valence-electron chi connectivity index (χ2n) is 7.61. The minimum Gasteiger partial charge on any atom is -0.342 e. The lowest BCUT2D eigenvalue weighted by Gasteiger charge is -2.17. The van der Waals surface area contributed by atoms with Crippen LogP contribution in [0.15, 0.2) is 78.0 Å². The highest BCUT2D eigenvalue weighted by molar-refractivity contribution is 7.98. The molecular weight excluding hydrogens is 475 g/mol. The van der Waals surface area contributed by atoms with Crippen LogP contribution in [0.2, 0.25) is 10.0 Å². The summed E-state index contributed by atoms with van der Waals surface area (Å²) in [5.41, 5.74) is 3.50.